The van der Waals surface area contributed by atoms with Crippen LogP contribution in [0, 0.1) is 0 Å². The van der Waals surface area contributed by atoms with Crippen LogP contribution in [0.2, 0.25) is 0 Å². The molecule has 1 N–H and O–H groups in total. The van der Waals surface area contributed by atoms with E-state index in [1.54, 1.807) is 0 Å². The van der Waals surface area contributed by atoms with Gasteiger partial charge in [0, 0.05) is 13.1 Å². The zero-order chi connectivity index (χ0) is 10.3. The fourth-order valence-corrected chi connectivity index (χ4v) is 1.64. The summed E-state index contributed by atoms with van der Waals surface area (Å²) >= 11 is 0. The van der Waals surface area contributed by atoms with Gasteiger partial charge in [-0.3, -0.25) is 0 Å². The van der Waals surface area contributed by atoms with Crippen molar-refractivity contribution in [2.45, 2.75) is 19.1 Å². The fraction of sp³-hybridized carbons (Fsp3) is 0.500. The molecule has 3 nitrogen and oxygen atoms in total. The van der Waals surface area contributed by atoms with E-state index in [9.17, 15) is 0 Å². The van der Waals surface area contributed by atoms with Gasteiger partial charge in [0.25, 0.3) is 0 Å². The van der Waals surface area contributed by atoms with E-state index in [1.807, 2.05) is 6.07 Å². The van der Waals surface area contributed by atoms with Crippen LogP contribution in [-0.4, -0.2) is 26.0 Å². The second-order valence-electron chi connectivity index (χ2n) is 3.72. The Labute approximate surface area is 90.4 Å². The van der Waals surface area contributed by atoms with Crippen LogP contribution in [0.15, 0.2) is 30.3 Å². The van der Waals surface area contributed by atoms with Gasteiger partial charge in [0.05, 0.1) is 12.7 Å². The summed E-state index contributed by atoms with van der Waals surface area (Å²) in [6.07, 6.45) is 1.30. The van der Waals surface area contributed by atoms with Gasteiger partial charge in [0.15, 0.2) is 0 Å². The van der Waals surface area contributed by atoms with Crippen LogP contribution in [0.1, 0.15) is 12.0 Å². The highest BCUT2D eigenvalue weighted by Gasteiger charge is 2.12. The van der Waals surface area contributed by atoms with E-state index < -0.39 is 0 Å². The van der Waals surface area contributed by atoms with Crippen molar-refractivity contribution in [3.05, 3.63) is 35.9 Å². The minimum atomic E-state index is 0.308. The van der Waals surface area contributed by atoms with Crippen molar-refractivity contribution in [2.75, 3.05) is 19.9 Å². The lowest BCUT2D eigenvalue weighted by Crippen LogP contribution is -2.33. The van der Waals surface area contributed by atoms with E-state index in [0.717, 1.165) is 26.1 Å². The van der Waals surface area contributed by atoms with Crippen molar-refractivity contribution < 1.29 is 9.47 Å². The maximum atomic E-state index is 5.43. The number of benzene rings is 1. The quantitative estimate of drug-likeness (QED) is 0.812. The minimum absolute atomic E-state index is 0.308. The molecule has 0 spiro atoms. The SMILES string of the molecule is c1ccc(CNCC2CCOCO2)cc1. The molecule has 3 heteroatoms. The molecule has 1 saturated heterocycles. The molecule has 1 aliphatic heterocycles. The van der Waals surface area contributed by atoms with Gasteiger partial charge in [0.1, 0.15) is 6.79 Å². The second kappa shape index (κ2) is 5.85. The normalized spacial score (nSPS) is 21.5. The molecule has 1 aromatic rings. The molecule has 0 saturated carbocycles. The maximum Gasteiger partial charge on any atom is 0.147 e. The van der Waals surface area contributed by atoms with Gasteiger partial charge >= 0.3 is 0 Å². The molecule has 0 aliphatic carbocycles. The van der Waals surface area contributed by atoms with Gasteiger partial charge in [0.2, 0.25) is 0 Å². The summed E-state index contributed by atoms with van der Waals surface area (Å²) in [6.45, 7) is 3.06. The Hall–Kier alpha value is -0.900. The lowest BCUT2D eigenvalue weighted by Gasteiger charge is -2.22. The van der Waals surface area contributed by atoms with Gasteiger partial charge < -0.3 is 14.8 Å². The highest BCUT2D eigenvalue weighted by molar-refractivity contribution is 5.14. The summed E-state index contributed by atoms with van der Waals surface area (Å²) in [7, 11) is 0. The van der Waals surface area contributed by atoms with Crippen LogP contribution in [0.3, 0.4) is 0 Å². The van der Waals surface area contributed by atoms with Crippen LogP contribution in [0.4, 0.5) is 0 Å². The van der Waals surface area contributed by atoms with Crippen molar-refractivity contribution in [1.29, 1.82) is 0 Å². The Morgan fingerprint density at radius 2 is 2.13 bits per heavy atom. The lowest BCUT2D eigenvalue weighted by atomic mass is 10.2. The molecule has 82 valence electrons. The minimum Gasteiger partial charge on any atom is -0.355 e. The van der Waals surface area contributed by atoms with Crippen LogP contribution in [0.5, 0.6) is 0 Å². The summed E-state index contributed by atoms with van der Waals surface area (Å²) < 4.78 is 10.5. The molecule has 0 amide bonds. The summed E-state index contributed by atoms with van der Waals surface area (Å²) in [5.74, 6) is 0. The van der Waals surface area contributed by atoms with Crippen LogP contribution >= 0.6 is 0 Å². The van der Waals surface area contributed by atoms with E-state index in [4.69, 9.17) is 9.47 Å². The highest BCUT2D eigenvalue weighted by Crippen LogP contribution is 2.05. The van der Waals surface area contributed by atoms with Crippen LogP contribution in [-0.2, 0) is 16.0 Å². The van der Waals surface area contributed by atoms with Crippen molar-refractivity contribution in [2.24, 2.45) is 0 Å². The third kappa shape index (κ3) is 3.63. The summed E-state index contributed by atoms with van der Waals surface area (Å²) in [4.78, 5) is 0. The molecule has 1 heterocycles. The Kier molecular flexibility index (Phi) is 4.14. The molecule has 1 aromatic carbocycles. The zero-order valence-electron chi connectivity index (χ0n) is 8.82. The van der Waals surface area contributed by atoms with Crippen LogP contribution in [0.25, 0.3) is 0 Å². The van der Waals surface area contributed by atoms with Crippen molar-refractivity contribution >= 4 is 0 Å². The van der Waals surface area contributed by atoms with Crippen molar-refractivity contribution in [3.8, 4) is 0 Å². The van der Waals surface area contributed by atoms with E-state index in [0.29, 0.717) is 12.9 Å². The molecule has 1 atom stereocenters. The second-order valence-corrected chi connectivity index (χ2v) is 3.72. The van der Waals surface area contributed by atoms with Gasteiger partial charge in [-0.2, -0.15) is 0 Å². The van der Waals surface area contributed by atoms with Crippen LogP contribution < -0.4 is 5.32 Å². The Bertz CT molecular complexity index is 270. The van der Waals surface area contributed by atoms with Gasteiger partial charge in [-0.05, 0) is 12.0 Å². The number of ether oxygens (including phenoxy) is 2. The predicted molar refractivity (Wildman–Crippen MR) is 58.5 cm³/mol. The van der Waals surface area contributed by atoms with Gasteiger partial charge in [-0.25, -0.2) is 0 Å². The fourth-order valence-electron chi connectivity index (χ4n) is 1.64. The van der Waals surface area contributed by atoms with Crippen molar-refractivity contribution in [3.63, 3.8) is 0 Å². The standard InChI is InChI=1S/C12H17NO2/c1-2-4-11(5-3-1)8-13-9-12-6-7-14-10-15-12/h1-5,12-13H,6-10H2. The summed E-state index contributed by atoms with van der Waals surface area (Å²) in [5.41, 5.74) is 1.31. The molecule has 0 radical (unpaired) electrons. The first-order chi connectivity index (χ1) is 7.45. The van der Waals surface area contributed by atoms with E-state index in [-0.39, 0.29) is 0 Å². The molecular formula is C12H17NO2. The molecule has 15 heavy (non-hydrogen) atoms. The molecule has 0 aromatic heterocycles. The molecule has 0 bridgehead atoms. The third-order valence-electron chi connectivity index (χ3n) is 2.52. The Balaban J connectivity index is 1.66. The van der Waals surface area contributed by atoms with Crippen molar-refractivity contribution in [1.82, 2.24) is 5.32 Å². The number of hydrogen-bond acceptors (Lipinski definition) is 3. The van der Waals surface area contributed by atoms with Gasteiger partial charge in [-0.1, -0.05) is 30.3 Å². The average Bonchev–Trinajstić information content (AvgIpc) is 2.32. The molecular weight excluding hydrogens is 190 g/mol. The average molecular weight is 207 g/mol. The van der Waals surface area contributed by atoms with E-state index in [1.165, 1.54) is 5.56 Å². The van der Waals surface area contributed by atoms with E-state index >= 15 is 0 Å². The first-order valence-corrected chi connectivity index (χ1v) is 5.39. The van der Waals surface area contributed by atoms with Gasteiger partial charge in [-0.15, -0.1) is 0 Å². The zero-order valence-corrected chi connectivity index (χ0v) is 8.82. The predicted octanol–water partition coefficient (Wildman–Crippen LogP) is 1.54. The largest absolute Gasteiger partial charge is 0.355 e. The number of nitrogens with one attached hydrogen (secondary N) is 1. The molecule has 1 fully saturated rings. The number of rotatable bonds is 4. The lowest BCUT2D eigenvalue weighted by molar-refractivity contribution is -0.137. The smallest absolute Gasteiger partial charge is 0.147 e. The summed E-state index contributed by atoms with van der Waals surface area (Å²) in [6, 6.07) is 10.4. The maximum absolute atomic E-state index is 5.43. The highest BCUT2D eigenvalue weighted by atomic mass is 16.7. The first-order valence-electron chi connectivity index (χ1n) is 5.39. The topological polar surface area (TPSA) is 30.5 Å². The monoisotopic (exact) mass is 207 g/mol. The summed E-state index contributed by atoms with van der Waals surface area (Å²) in [5, 5.41) is 3.39. The van der Waals surface area contributed by atoms with E-state index in [2.05, 4.69) is 29.6 Å². The molecule has 1 aliphatic rings. The molecule has 1 unspecified atom stereocenters. The Morgan fingerprint density at radius 1 is 1.27 bits per heavy atom. The molecule has 2 rings (SSSR count). The first kappa shape index (κ1) is 10.6. The Morgan fingerprint density at radius 3 is 2.87 bits per heavy atom. The third-order valence-corrected chi connectivity index (χ3v) is 2.52. The number of hydrogen-bond donors (Lipinski definition) is 1.